The summed E-state index contributed by atoms with van der Waals surface area (Å²) in [5.74, 6) is -0.516. The lowest BCUT2D eigenvalue weighted by Gasteiger charge is -2.27. The normalized spacial score (nSPS) is 12.6. The van der Waals surface area contributed by atoms with E-state index in [1.807, 2.05) is 0 Å². The van der Waals surface area contributed by atoms with Crippen LogP contribution in [-0.2, 0) is 4.79 Å². The topological polar surface area (TPSA) is 110 Å². The molecule has 0 aromatic carbocycles. The second-order valence-electron chi connectivity index (χ2n) is 3.92. The average molecular weight is 253 g/mol. The van der Waals surface area contributed by atoms with E-state index in [0.717, 1.165) is 0 Å². The predicted octanol–water partition coefficient (Wildman–Crippen LogP) is -2.88. The van der Waals surface area contributed by atoms with Gasteiger partial charge in [0.25, 0.3) is 0 Å². The second-order valence-corrected chi connectivity index (χ2v) is 3.92. The molecule has 0 rings (SSSR count). The van der Waals surface area contributed by atoms with E-state index in [1.165, 1.54) is 0 Å². The molecule has 0 saturated carbocycles. The summed E-state index contributed by atoms with van der Waals surface area (Å²) in [4.78, 5) is 18.4. The fourth-order valence-corrected chi connectivity index (χ4v) is 0.829. The van der Waals surface area contributed by atoms with Gasteiger partial charge in [-0.15, -0.1) is 0 Å². The number of amides is 1. The minimum absolute atomic E-state index is 0.000230. The molecule has 16 heavy (non-hydrogen) atoms. The fourth-order valence-electron chi connectivity index (χ4n) is 0.829. The molecule has 0 aliphatic carbocycles. The first-order valence-corrected chi connectivity index (χ1v) is 5.97. The van der Waals surface area contributed by atoms with Crippen LogP contribution in [0.3, 0.4) is 0 Å². The highest BCUT2D eigenvalue weighted by molar-refractivity contribution is 5.95. The first-order valence-electron chi connectivity index (χ1n) is 5.08. The lowest BCUT2D eigenvalue weighted by molar-refractivity contribution is -0.137. The third kappa shape index (κ3) is 6.91. The summed E-state index contributed by atoms with van der Waals surface area (Å²) in [5.41, 5.74) is -0.844. The minimum Gasteiger partial charge on any atom is -0.442 e. The van der Waals surface area contributed by atoms with E-state index in [1.54, 1.807) is 13.8 Å². The summed E-state index contributed by atoms with van der Waals surface area (Å²) < 4.78 is 0. The predicted molar refractivity (Wildman–Crippen MR) is 63.7 cm³/mol. The van der Waals surface area contributed by atoms with Crippen molar-refractivity contribution in [1.82, 2.24) is 5.32 Å². The van der Waals surface area contributed by atoms with E-state index in [4.69, 9.17) is 15.0 Å². The van der Waals surface area contributed by atoms with Crippen molar-refractivity contribution in [3.63, 3.8) is 0 Å². The molecule has 0 radical (unpaired) electrons. The molecule has 98 valence electrons. The van der Waals surface area contributed by atoms with Gasteiger partial charge in [-0.05, 0) is 6.42 Å². The summed E-state index contributed by atoms with van der Waals surface area (Å²) in [6, 6.07) is 0. The first kappa shape index (κ1) is 17.9. The molecule has 0 aliphatic rings. The molecule has 5 N–H and O–H groups in total. The van der Waals surface area contributed by atoms with E-state index >= 15 is 0 Å². The molecule has 0 aliphatic heterocycles. The fraction of sp³-hybridized carbons (Fsp3) is 0.889. The maximum absolute atomic E-state index is 11.3. The highest BCUT2D eigenvalue weighted by atomic mass is 28.2. The minimum atomic E-state index is -1.23. The van der Waals surface area contributed by atoms with E-state index < -0.39 is 17.4 Å². The van der Waals surface area contributed by atoms with Crippen molar-refractivity contribution < 1.29 is 24.9 Å². The van der Waals surface area contributed by atoms with Gasteiger partial charge in [-0.1, -0.05) is 13.8 Å². The number of carbonyl (C=O) groups is 1. The number of nitrogens with one attached hydrogen (secondary N) is 1. The van der Waals surface area contributed by atoms with Crippen LogP contribution in [0.4, 0.5) is 0 Å². The molecule has 0 saturated heterocycles. The standard InChI is InChI=1S/C9H19NO4.H4OSi/c1-9(2,6-12)7(13)8(14)10-4-3-5-11;1-2/h7,11-13H,3-6H2,1-2H3,(H,10,14);1H,2H3/t7-;/m0./s1. The average Bonchev–Trinajstić information content (AvgIpc) is 2.30. The Balaban J connectivity index is 0. The summed E-state index contributed by atoms with van der Waals surface area (Å²) in [6.45, 7) is 3.27. The third-order valence-corrected chi connectivity index (χ3v) is 2.03. The van der Waals surface area contributed by atoms with Crippen molar-refractivity contribution >= 4 is 16.4 Å². The molecular weight excluding hydrogens is 230 g/mol. The zero-order chi connectivity index (χ0) is 13.2. The number of hydrogen-bond donors (Lipinski definition) is 5. The highest BCUT2D eigenvalue weighted by Gasteiger charge is 2.32. The van der Waals surface area contributed by atoms with Gasteiger partial charge in [-0.2, -0.15) is 0 Å². The van der Waals surface area contributed by atoms with Gasteiger partial charge in [0.05, 0.1) is 6.61 Å². The maximum atomic E-state index is 11.3. The van der Waals surface area contributed by atoms with Crippen LogP contribution < -0.4 is 5.32 Å². The molecular formula is C9H23NO5Si. The lowest BCUT2D eigenvalue weighted by atomic mass is 9.87. The van der Waals surface area contributed by atoms with Crippen molar-refractivity contribution in [2.75, 3.05) is 19.8 Å². The molecule has 0 fully saturated rings. The summed E-state index contributed by atoms with van der Waals surface area (Å²) in [5, 5.41) is 29.3. The first-order chi connectivity index (χ1) is 7.45. The van der Waals surface area contributed by atoms with Gasteiger partial charge in [0.15, 0.2) is 0 Å². The molecule has 0 unspecified atom stereocenters. The zero-order valence-corrected chi connectivity index (χ0v) is 12.1. The third-order valence-electron chi connectivity index (χ3n) is 2.03. The Labute approximate surface area is 98.8 Å². The number of rotatable bonds is 6. The molecule has 0 aromatic rings. The molecule has 0 heterocycles. The van der Waals surface area contributed by atoms with Crippen LogP contribution in [0.25, 0.3) is 0 Å². The van der Waals surface area contributed by atoms with Crippen molar-refractivity contribution in [1.29, 1.82) is 0 Å². The molecule has 1 amide bonds. The van der Waals surface area contributed by atoms with Gasteiger partial charge in [0.2, 0.25) is 5.91 Å². The van der Waals surface area contributed by atoms with E-state index in [2.05, 4.69) is 5.32 Å². The van der Waals surface area contributed by atoms with E-state index in [-0.39, 0.29) is 13.2 Å². The Morgan fingerprint density at radius 1 is 1.38 bits per heavy atom. The molecule has 6 nitrogen and oxygen atoms in total. The van der Waals surface area contributed by atoms with Gasteiger partial charge in [0, 0.05) is 18.6 Å². The summed E-state index contributed by atoms with van der Waals surface area (Å²) >= 11 is 0. The number of aliphatic hydroxyl groups excluding tert-OH is 3. The summed E-state index contributed by atoms with van der Waals surface area (Å²) in [6.07, 6.45) is -0.774. The highest BCUT2D eigenvalue weighted by Crippen LogP contribution is 2.19. The van der Waals surface area contributed by atoms with Gasteiger partial charge in [-0.3, -0.25) is 4.79 Å². The SMILES string of the molecule is CC(C)(CO)[C@@H](O)C(=O)NCCCO.O[SiH3]. The zero-order valence-electron chi connectivity index (χ0n) is 10.1. The van der Waals surface area contributed by atoms with Crippen LogP contribution in [0.15, 0.2) is 0 Å². The van der Waals surface area contributed by atoms with Crippen LogP contribution in [-0.4, -0.2) is 62.4 Å². The van der Waals surface area contributed by atoms with Crippen molar-refractivity contribution in [2.45, 2.75) is 26.4 Å². The lowest BCUT2D eigenvalue weighted by Crippen LogP contribution is -2.45. The van der Waals surface area contributed by atoms with Crippen molar-refractivity contribution in [3.05, 3.63) is 0 Å². The van der Waals surface area contributed by atoms with Gasteiger partial charge >= 0.3 is 0 Å². The van der Waals surface area contributed by atoms with E-state index in [0.29, 0.717) is 23.5 Å². The Hall–Kier alpha value is -0.473. The largest absolute Gasteiger partial charge is 0.442 e. The van der Waals surface area contributed by atoms with Crippen LogP contribution in [0, 0.1) is 5.41 Å². The van der Waals surface area contributed by atoms with E-state index in [9.17, 15) is 9.90 Å². The van der Waals surface area contributed by atoms with Gasteiger partial charge in [0.1, 0.15) is 16.6 Å². The Bertz CT molecular complexity index is 189. The molecule has 7 heteroatoms. The number of carbonyl (C=O) groups excluding carboxylic acids is 1. The smallest absolute Gasteiger partial charge is 0.249 e. The Kier molecular flexibility index (Phi) is 10.9. The van der Waals surface area contributed by atoms with Crippen LogP contribution >= 0.6 is 0 Å². The van der Waals surface area contributed by atoms with Gasteiger partial charge in [-0.25, -0.2) is 0 Å². The van der Waals surface area contributed by atoms with Crippen LogP contribution in [0.1, 0.15) is 20.3 Å². The van der Waals surface area contributed by atoms with Crippen LogP contribution in [0.5, 0.6) is 0 Å². The van der Waals surface area contributed by atoms with Crippen molar-refractivity contribution in [3.8, 4) is 0 Å². The molecule has 0 bridgehead atoms. The monoisotopic (exact) mass is 253 g/mol. The molecule has 1 atom stereocenters. The summed E-state index contributed by atoms with van der Waals surface area (Å²) in [7, 11) is 0.306. The number of hydrogen-bond acceptors (Lipinski definition) is 5. The molecule has 0 spiro atoms. The second kappa shape index (κ2) is 9.73. The number of aliphatic hydroxyl groups is 3. The van der Waals surface area contributed by atoms with Gasteiger partial charge < -0.3 is 25.4 Å². The quantitative estimate of drug-likeness (QED) is 0.258. The molecule has 0 aromatic heterocycles. The Morgan fingerprint density at radius 2 is 1.88 bits per heavy atom. The maximum Gasteiger partial charge on any atom is 0.249 e. The Morgan fingerprint density at radius 3 is 2.25 bits per heavy atom. The van der Waals surface area contributed by atoms with Crippen LogP contribution in [0.2, 0.25) is 0 Å². The van der Waals surface area contributed by atoms with Crippen molar-refractivity contribution in [2.24, 2.45) is 5.41 Å².